The maximum atomic E-state index is 12.7. The first-order valence-corrected chi connectivity index (χ1v) is 11.5. The molecule has 2 N–H and O–H groups in total. The van der Waals surface area contributed by atoms with Crippen molar-refractivity contribution in [3.63, 3.8) is 0 Å². The molecule has 0 saturated carbocycles. The molecule has 1 aliphatic heterocycles. The lowest BCUT2D eigenvalue weighted by Gasteiger charge is -2.34. The van der Waals surface area contributed by atoms with E-state index < -0.39 is 0 Å². The van der Waals surface area contributed by atoms with Gasteiger partial charge in [0.15, 0.2) is 0 Å². The van der Waals surface area contributed by atoms with Gasteiger partial charge in [-0.3, -0.25) is 9.69 Å². The van der Waals surface area contributed by atoms with Gasteiger partial charge in [0, 0.05) is 50.9 Å². The number of nitrogens with zero attached hydrogens (tertiary/aromatic N) is 3. The summed E-state index contributed by atoms with van der Waals surface area (Å²) < 4.78 is 5.89. The number of oxazole rings is 1. The predicted molar refractivity (Wildman–Crippen MR) is 132 cm³/mol. The second-order valence-corrected chi connectivity index (χ2v) is 8.76. The van der Waals surface area contributed by atoms with E-state index in [0.717, 1.165) is 35.7 Å². The highest BCUT2D eigenvalue weighted by Crippen LogP contribution is 2.25. The summed E-state index contributed by atoms with van der Waals surface area (Å²) in [5, 5.41) is 6.04. The molecule has 9 heteroatoms. The van der Waals surface area contributed by atoms with E-state index in [9.17, 15) is 9.59 Å². The first-order valence-electron chi connectivity index (χ1n) is 11.2. The van der Waals surface area contributed by atoms with E-state index in [1.807, 2.05) is 44.2 Å². The molecule has 34 heavy (non-hydrogen) atoms. The first-order chi connectivity index (χ1) is 16.3. The minimum Gasteiger partial charge on any atom is -0.441 e. The van der Waals surface area contributed by atoms with Gasteiger partial charge in [-0.05, 0) is 55.8 Å². The van der Waals surface area contributed by atoms with Crippen LogP contribution < -0.4 is 10.6 Å². The van der Waals surface area contributed by atoms with Crippen LogP contribution in [0.15, 0.2) is 46.9 Å². The molecule has 2 heterocycles. The van der Waals surface area contributed by atoms with Crippen molar-refractivity contribution in [1.82, 2.24) is 20.1 Å². The van der Waals surface area contributed by atoms with Gasteiger partial charge >= 0.3 is 6.03 Å². The van der Waals surface area contributed by atoms with Gasteiger partial charge in [0.25, 0.3) is 5.91 Å². The van der Waals surface area contributed by atoms with Crippen molar-refractivity contribution in [2.45, 2.75) is 20.4 Å². The van der Waals surface area contributed by atoms with Gasteiger partial charge < -0.3 is 20.0 Å². The number of hydrogen-bond acceptors (Lipinski definition) is 5. The molecule has 0 radical (unpaired) electrons. The summed E-state index contributed by atoms with van der Waals surface area (Å²) in [5.41, 5.74) is 3.94. The standard InChI is InChI=1S/C25H28ClN5O3/c1-16-4-9-21(20(26)14-16)29-25(33)31-12-10-30(11-13-31)15-22-17(2)34-24(28-22)19-7-5-18(6-8-19)23(32)27-3/h4-9,14H,10-13,15H2,1-3H3,(H,27,32)(H,29,33). The Morgan fingerprint density at radius 1 is 1.06 bits per heavy atom. The van der Waals surface area contributed by atoms with Crippen molar-refractivity contribution in [3.8, 4) is 11.5 Å². The maximum Gasteiger partial charge on any atom is 0.321 e. The molecule has 0 atom stereocenters. The third-order valence-corrected chi connectivity index (χ3v) is 6.23. The number of hydrogen-bond donors (Lipinski definition) is 2. The molecule has 3 amide bonds. The van der Waals surface area contributed by atoms with E-state index in [1.165, 1.54) is 0 Å². The van der Waals surface area contributed by atoms with E-state index in [0.29, 0.717) is 41.8 Å². The number of carbonyl (C=O) groups is 2. The molecular weight excluding hydrogens is 454 g/mol. The van der Waals surface area contributed by atoms with Crippen molar-refractivity contribution in [2.75, 3.05) is 38.5 Å². The SMILES string of the molecule is CNC(=O)c1ccc(-c2nc(CN3CCN(C(=O)Nc4ccc(C)cc4Cl)CC3)c(C)o2)cc1. The summed E-state index contributed by atoms with van der Waals surface area (Å²) in [5.74, 6) is 1.16. The Bertz CT molecular complexity index is 1180. The van der Waals surface area contributed by atoms with Gasteiger partial charge in [-0.15, -0.1) is 0 Å². The normalized spacial score (nSPS) is 14.2. The van der Waals surface area contributed by atoms with Crippen LogP contribution in [0.2, 0.25) is 5.02 Å². The van der Waals surface area contributed by atoms with Gasteiger partial charge in [-0.25, -0.2) is 9.78 Å². The average Bonchev–Trinajstić information content (AvgIpc) is 3.20. The van der Waals surface area contributed by atoms with Crippen molar-refractivity contribution in [3.05, 3.63) is 70.1 Å². The van der Waals surface area contributed by atoms with Gasteiger partial charge in [-0.2, -0.15) is 0 Å². The Morgan fingerprint density at radius 3 is 2.41 bits per heavy atom. The van der Waals surface area contributed by atoms with Gasteiger partial charge in [0.05, 0.1) is 16.4 Å². The Morgan fingerprint density at radius 2 is 1.76 bits per heavy atom. The number of amides is 3. The van der Waals surface area contributed by atoms with Gasteiger partial charge in [0.2, 0.25) is 5.89 Å². The third kappa shape index (κ3) is 5.40. The predicted octanol–water partition coefficient (Wildman–Crippen LogP) is 4.32. The smallest absolute Gasteiger partial charge is 0.321 e. The van der Waals surface area contributed by atoms with Gasteiger partial charge in [0.1, 0.15) is 5.76 Å². The van der Waals surface area contributed by atoms with Crippen LogP contribution >= 0.6 is 11.6 Å². The van der Waals surface area contributed by atoms with Crippen LogP contribution in [-0.2, 0) is 6.54 Å². The van der Waals surface area contributed by atoms with E-state index >= 15 is 0 Å². The molecule has 1 aliphatic rings. The van der Waals surface area contributed by atoms with Crippen LogP contribution in [0.5, 0.6) is 0 Å². The fraction of sp³-hybridized carbons (Fsp3) is 0.320. The topological polar surface area (TPSA) is 90.7 Å². The molecule has 0 aliphatic carbocycles. The lowest BCUT2D eigenvalue weighted by Crippen LogP contribution is -2.49. The molecule has 178 valence electrons. The maximum absolute atomic E-state index is 12.7. The zero-order valence-corrected chi connectivity index (χ0v) is 20.3. The van der Waals surface area contributed by atoms with E-state index in [4.69, 9.17) is 16.0 Å². The fourth-order valence-corrected chi connectivity index (χ4v) is 4.13. The first kappa shape index (κ1) is 23.8. The Labute approximate surface area is 203 Å². The zero-order chi connectivity index (χ0) is 24.2. The summed E-state index contributed by atoms with van der Waals surface area (Å²) in [6, 6.07) is 12.6. The van der Waals surface area contributed by atoms with Crippen LogP contribution in [0, 0.1) is 13.8 Å². The minimum absolute atomic E-state index is 0.134. The van der Waals surface area contributed by atoms with Gasteiger partial charge in [-0.1, -0.05) is 17.7 Å². The number of anilines is 1. The fourth-order valence-electron chi connectivity index (χ4n) is 3.84. The Hall–Kier alpha value is -3.36. The summed E-state index contributed by atoms with van der Waals surface area (Å²) in [4.78, 5) is 33.1. The quantitative estimate of drug-likeness (QED) is 0.566. The molecule has 4 rings (SSSR count). The third-order valence-electron chi connectivity index (χ3n) is 5.91. The van der Waals surface area contributed by atoms with Crippen molar-refractivity contribution in [2.24, 2.45) is 0 Å². The molecule has 3 aromatic rings. The van der Waals surface area contributed by atoms with E-state index in [1.54, 1.807) is 24.1 Å². The van der Waals surface area contributed by atoms with Crippen LogP contribution in [0.4, 0.5) is 10.5 Å². The molecule has 0 spiro atoms. The number of urea groups is 1. The Kier molecular flexibility index (Phi) is 7.19. The van der Waals surface area contributed by atoms with Crippen LogP contribution in [0.3, 0.4) is 0 Å². The minimum atomic E-state index is -0.148. The lowest BCUT2D eigenvalue weighted by molar-refractivity contribution is 0.0963. The highest BCUT2D eigenvalue weighted by Gasteiger charge is 2.23. The van der Waals surface area contributed by atoms with Crippen LogP contribution in [0.1, 0.15) is 27.4 Å². The monoisotopic (exact) mass is 481 g/mol. The number of carbonyl (C=O) groups excluding carboxylic acids is 2. The average molecular weight is 482 g/mol. The van der Waals surface area contributed by atoms with Crippen molar-refractivity contribution >= 4 is 29.2 Å². The molecule has 0 unspecified atom stereocenters. The summed E-state index contributed by atoms with van der Waals surface area (Å²) in [6.07, 6.45) is 0. The summed E-state index contributed by atoms with van der Waals surface area (Å²) in [6.45, 7) is 7.19. The number of halogens is 1. The second-order valence-electron chi connectivity index (χ2n) is 8.36. The largest absolute Gasteiger partial charge is 0.441 e. The van der Waals surface area contributed by atoms with Crippen molar-refractivity contribution in [1.29, 1.82) is 0 Å². The number of rotatable bonds is 5. The highest BCUT2D eigenvalue weighted by atomic mass is 35.5. The lowest BCUT2D eigenvalue weighted by atomic mass is 10.1. The van der Waals surface area contributed by atoms with E-state index in [2.05, 4.69) is 20.5 Å². The number of aryl methyl sites for hydroxylation is 2. The zero-order valence-electron chi connectivity index (χ0n) is 19.5. The molecule has 2 aromatic carbocycles. The highest BCUT2D eigenvalue weighted by molar-refractivity contribution is 6.33. The molecule has 1 fully saturated rings. The molecular formula is C25H28ClN5O3. The molecule has 1 aromatic heterocycles. The number of nitrogens with one attached hydrogen (secondary N) is 2. The van der Waals surface area contributed by atoms with Crippen LogP contribution in [-0.4, -0.2) is 59.9 Å². The molecule has 1 saturated heterocycles. The Balaban J connectivity index is 1.33. The number of aromatic nitrogens is 1. The van der Waals surface area contributed by atoms with Crippen LogP contribution in [0.25, 0.3) is 11.5 Å². The van der Waals surface area contributed by atoms with Crippen molar-refractivity contribution < 1.29 is 14.0 Å². The second kappa shape index (κ2) is 10.3. The molecule has 0 bridgehead atoms. The summed E-state index contributed by atoms with van der Waals surface area (Å²) >= 11 is 6.24. The number of benzene rings is 2. The molecule has 8 nitrogen and oxygen atoms in total. The number of piperazine rings is 1. The van der Waals surface area contributed by atoms with E-state index in [-0.39, 0.29) is 11.9 Å². The summed E-state index contributed by atoms with van der Waals surface area (Å²) in [7, 11) is 1.60.